The summed E-state index contributed by atoms with van der Waals surface area (Å²) in [7, 11) is -3.03. The van der Waals surface area contributed by atoms with E-state index in [0.717, 1.165) is 0 Å². The van der Waals surface area contributed by atoms with Gasteiger partial charge < -0.3 is 15.0 Å². The summed E-state index contributed by atoms with van der Waals surface area (Å²) in [4.78, 5) is 25.3. The summed E-state index contributed by atoms with van der Waals surface area (Å²) >= 11 is 0. The van der Waals surface area contributed by atoms with Gasteiger partial charge in [-0.15, -0.1) is 0 Å². The Balaban J connectivity index is 1.66. The van der Waals surface area contributed by atoms with Gasteiger partial charge in [0.1, 0.15) is 6.54 Å². The first kappa shape index (κ1) is 14.8. The zero-order valence-corrected chi connectivity index (χ0v) is 12.6. The lowest BCUT2D eigenvalue weighted by atomic mass is 10.2. The lowest BCUT2D eigenvalue weighted by molar-refractivity contribution is -0.133. The topological polar surface area (TPSA) is 92.8 Å². The zero-order valence-electron chi connectivity index (χ0n) is 11.8. The van der Waals surface area contributed by atoms with E-state index < -0.39 is 15.8 Å². The van der Waals surface area contributed by atoms with Crippen molar-refractivity contribution in [2.45, 2.75) is 12.5 Å². The number of anilines is 1. The number of benzene rings is 1. The van der Waals surface area contributed by atoms with Crippen LogP contribution in [0.1, 0.15) is 6.42 Å². The number of hydrogen-bond acceptors (Lipinski definition) is 6. The molecule has 1 aromatic rings. The molecular weight excluding hydrogens is 308 g/mol. The second kappa shape index (κ2) is 5.60. The number of nitrogens with zero attached hydrogens (tertiary/aromatic N) is 1. The number of carbonyl (C=O) groups excluding carboxylic acids is 2. The Morgan fingerprint density at radius 2 is 2.14 bits per heavy atom. The fourth-order valence-electron chi connectivity index (χ4n) is 2.70. The second-order valence-electron chi connectivity index (χ2n) is 5.47. The summed E-state index contributed by atoms with van der Waals surface area (Å²) in [6, 6.07) is 6.64. The quantitative estimate of drug-likeness (QED) is 0.607. The fourth-order valence-corrected chi connectivity index (χ4v) is 4.37. The maximum absolute atomic E-state index is 12.1. The predicted molar refractivity (Wildman–Crippen MR) is 79.5 cm³/mol. The summed E-state index contributed by atoms with van der Waals surface area (Å²) in [6.45, 7) is -0.0178. The molecule has 1 atom stereocenters. The highest BCUT2D eigenvalue weighted by Crippen LogP contribution is 2.31. The normalized spacial score (nSPS) is 22.8. The van der Waals surface area contributed by atoms with Crippen molar-refractivity contribution in [1.82, 2.24) is 5.32 Å². The summed E-state index contributed by atoms with van der Waals surface area (Å²) in [5.74, 6) is -0.203. The van der Waals surface area contributed by atoms with Crippen LogP contribution in [0.3, 0.4) is 0 Å². The van der Waals surface area contributed by atoms with Crippen molar-refractivity contribution in [2.24, 2.45) is 0 Å². The molecule has 3 rings (SSSR count). The van der Waals surface area contributed by atoms with E-state index >= 15 is 0 Å². The van der Waals surface area contributed by atoms with Crippen molar-refractivity contribution < 1.29 is 22.7 Å². The molecule has 1 fully saturated rings. The minimum Gasteiger partial charge on any atom is -0.423 e. The van der Waals surface area contributed by atoms with Crippen molar-refractivity contribution in [3.05, 3.63) is 24.3 Å². The van der Waals surface area contributed by atoms with Gasteiger partial charge in [0.2, 0.25) is 5.91 Å². The Kier molecular flexibility index (Phi) is 3.78. The number of carbonyl (C=O) groups is 2. The van der Waals surface area contributed by atoms with Gasteiger partial charge in [-0.1, -0.05) is 12.1 Å². The Morgan fingerprint density at radius 1 is 1.36 bits per heavy atom. The van der Waals surface area contributed by atoms with Crippen LogP contribution in [0.4, 0.5) is 5.69 Å². The Labute approximate surface area is 128 Å². The molecule has 0 radical (unpaired) electrons. The van der Waals surface area contributed by atoms with Crippen LogP contribution in [0.15, 0.2) is 24.3 Å². The van der Waals surface area contributed by atoms with Gasteiger partial charge in [0, 0.05) is 6.04 Å². The van der Waals surface area contributed by atoms with Gasteiger partial charge in [0.05, 0.1) is 23.7 Å². The molecule has 0 spiro atoms. The highest BCUT2D eigenvalue weighted by molar-refractivity contribution is 7.91. The van der Waals surface area contributed by atoms with E-state index in [-0.39, 0.29) is 36.5 Å². The smallest absolute Gasteiger partial charge is 0.331 e. The molecule has 2 aliphatic rings. The second-order valence-corrected chi connectivity index (χ2v) is 7.69. The van der Waals surface area contributed by atoms with Crippen LogP contribution in [-0.2, 0) is 19.4 Å². The maximum atomic E-state index is 12.1. The molecule has 118 valence electrons. The number of esters is 1. The van der Waals surface area contributed by atoms with Gasteiger partial charge in [-0.05, 0) is 18.6 Å². The van der Waals surface area contributed by atoms with E-state index in [9.17, 15) is 18.0 Å². The van der Waals surface area contributed by atoms with E-state index in [1.807, 2.05) is 0 Å². The predicted octanol–water partition coefficient (Wildman–Crippen LogP) is -0.285. The standard InChI is InChI=1S/C14H16N2O5S/c17-13(15-10-5-6-22(19,20)9-10)7-16-8-14(18)21-12-4-2-1-3-11(12)16/h1-4,10H,5-9H2,(H,15,17)/t10-/m1/s1. The third-order valence-corrected chi connectivity index (χ3v) is 5.45. The lowest BCUT2D eigenvalue weighted by Gasteiger charge is -2.29. The van der Waals surface area contributed by atoms with Crippen LogP contribution in [0, 0.1) is 0 Å². The number of fused-ring (bicyclic) bond motifs is 1. The van der Waals surface area contributed by atoms with Crippen LogP contribution in [0.2, 0.25) is 0 Å². The molecule has 2 heterocycles. The van der Waals surface area contributed by atoms with Crippen molar-refractivity contribution >= 4 is 27.4 Å². The van der Waals surface area contributed by atoms with Crippen molar-refractivity contribution in [3.8, 4) is 5.75 Å². The number of rotatable bonds is 3. The molecule has 1 N–H and O–H groups in total. The van der Waals surface area contributed by atoms with E-state index in [2.05, 4.69) is 5.32 Å². The molecule has 1 saturated heterocycles. The average molecular weight is 324 g/mol. The zero-order chi connectivity index (χ0) is 15.7. The number of amides is 1. The number of ether oxygens (including phenoxy) is 1. The highest BCUT2D eigenvalue weighted by Gasteiger charge is 2.30. The van der Waals surface area contributed by atoms with E-state index in [4.69, 9.17) is 4.74 Å². The van der Waals surface area contributed by atoms with Gasteiger partial charge in [-0.3, -0.25) is 4.79 Å². The molecule has 0 unspecified atom stereocenters. The number of nitrogens with one attached hydrogen (secondary N) is 1. The Morgan fingerprint density at radius 3 is 2.86 bits per heavy atom. The maximum Gasteiger partial charge on any atom is 0.331 e. The molecule has 8 heteroatoms. The van der Waals surface area contributed by atoms with Crippen molar-refractivity contribution in [3.63, 3.8) is 0 Å². The molecule has 22 heavy (non-hydrogen) atoms. The molecule has 2 aliphatic heterocycles. The van der Waals surface area contributed by atoms with Gasteiger partial charge in [0.15, 0.2) is 15.6 Å². The molecule has 1 aromatic carbocycles. The minimum absolute atomic E-state index is 0.00655. The summed E-state index contributed by atoms with van der Waals surface area (Å²) in [5.41, 5.74) is 0.677. The molecular formula is C14H16N2O5S. The fraction of sp³-hybridized carbons (Fsp3) is 0.429. The molecule has 0 saturated carbocycles. The molecule has 7 nitrogen and oxygen atoms in total. The van der Waals surface area contributed by atoms with Crippen LogP contribution in [-0.4, -0.2) is 50.9 Å². The number of hydrogen-bond donors (Lipinski definition) is 1. The summed E-state index contributed by atoms with van der Waals surface area (Å²) in [6.07, 6.45) is 0.437. The summed E-state index contributed by atoms with van der Waals surface area (Å²) in [5, 5.41) is 2.72. The van der Waals surface area contributed by atoms with E-state index in [1.165, 1.54) is 0 Å². The minimum atomic E-state index is -3.03. The first-order valence-corrected chi connectivity index (χ1v) is 8.79. The van der Waals surface area contributed by atoms with Crippen LogP contribution >= 0.6 is 0 Å². The van der Waals surface area contributed by atoms with E-state index in [1.54, 1.807) is 29.2 Å². The van der Waals surface area contributed by atoms with E-state index in [0.29, 0.717) is 17.9 Å². The van der Waals surface area contributed by atoms with Crippen LogP contribution in [0.5, 0.6) is 5.75 Å². The summed E-state index contributed by atoms with van der Waals surface area (Å²) < 4.78 is 27.9. The van der Waals surface area contributed by atoms with Gasteiger partial charge in [-0.25, -0.2) is 13.2 Å². The van der Waals surface area contributed by atoms with Gasteiger partial charge in [-0.2, -0.15) is 0 Å². The molecule has 1 amide bonds. The van der Waals surface area contributed by atoms with Gasteiger partial charge >= 0.3 is 5.97 Å². The molecule has 0 aliphatic carbocycles. The number of para-hydroxylation sites is 2. The first-order chi connectivity index (χ1) is 10.4. The third-order valence-electron chi connectivity index (χ3n) is 3.68. The molecule has 0 aromatic heterocycles. The highest BCUT2D eigenvalue weighted by atomic mass is 32.2. The first-order valence-electron chi connectivity index (χ1n) is 6.97. The van der Waals surface area contributed by atoms with Gasteiger partial charge in [0.25, 0.3) is 0 Å². The monoisotopic (exact) mass is 324 g/mol. The van der Waals surface area contributed by atoms with Crippen LogP contribution < -0.4 is 15.0 Å². The Hall–Kier alpha value is -2.09. The average Bonchev–Trinajstić information content (AvgIpc) is 2.77. The number of sulfone groups is 1. The SMILES string of the molecule is O=C(CN1CC(=O)Oc2ccccc21)N[C@@H]1CCS(=O)(=O)C1. The van der Waals surface area contributed by atoms with Crippen molar-refractivity contribution in [2.75, 3.05) is 29.5 Å². The Bertz CT molecular complexity index is 716. The lowest BCUT2D eigenvalue weighted by Crippen LogP contribution is -2.46. The third kappa shape index (κ3) is 3.22. The van der Waals surface area contributed by atoms with Crippen LogP contribution in [0.25, 0.3) is 0 Å². The van der Waals surface area contributed by atoms with Crippen molar-refractivity contribution in [1.29, 1.82) is 0 Å². The molecule has 0 bridgehead atoms. The largest absolute Gasteiger partial charge is 0.423 e.